The standard InChI is InChI=1S/C18H23NO3S/c1-3-22-17-9-7-16-13-18(10-8-15(16)12-17)23(20,21)19-11-5-4-6-14(19)2/h7-10,12-14H,3-6,11H2,1-2H3. The van der Waals surface area contributed by atoms with Crippen LogP contribution in [-0.4, -0.2) is 31.9 Å². The molecule has 124 valence electrons. The molecule has 0 bridgehead atoms. The molecule has 0 saturated carbocycles. The maximum absolute atomic E-state index is 12.9. The summed E-state index contributed by atoms with van der Waals surface area (Å²) in [5.41, 5.74) is 0. The zero-order valence-corrected chi connectivity index (χ0v) is 14.5. The molecule has 1 unspecified atom stereocenters. The number of hydrogen-bond donors (Lipinski definition) is 0. The minimum Gasteiger partial charge on any atom is -0.494 e. The summed E-state index contributed by atoms with van der Waals surface area (Å²) in [5, 5.41) is 1.90. The van der Waals surface area contributed by atoms with Gasteiger partial charge in [-0.25, -0.2) is 8.42 Å². The maximum atomic E-state index is 12.9. The smallest absolute Gasteiger partial charge is 0.243 e. The summed E-state index contributed by atoms with van der Waals surface area (Å²) < 4.78 is 33.0. The van der Waals surface area contributed by atoms with E-state index in [0.29, 0.717) is 18.0 Å². The van der Waals surface area contributed by atoms with Crippen LogP contribution in [0.1, 0.15) is 33.1 Å². The second-order valence-corrected chi connectivity index (χ2v) is 7.95. The third kappa shape index (κ3) is 3.21. The zero-order chi connectivity index (χ0) is 16.4. The molecule has 0 amide bonds. The van der Waals surface area contributed by atoms with Gasteiger partial charge in [0.15, 0.2) is 0 Å². The fourth-order valence-electron chi connectivity index (χ4n) is 3.18. The first-order chi connectivity index (χ1) is 11.0. The van der Waals surface area contributed by atoms with Crippen molar-refractivity contribution >= 4 is 20.8 Å². The molecule has 1 aliphatic heterocycles. The van der Waals surface area contributed by atoms with Crippen LogP contribution in [0.4, 0.5) is 0 Å². The lowest BCUT2D eigenvalue weighted by molar-refractivity contribution is 0.268. The molecule has 2 aromatic carbocycles. The number of rotatable bonds is 4. The molecule has 0 spiro atoms. The van der Waals surface area contributed by atoms with Crippen LogP contribution in [0.15, 0.2) is 41.3 Å². The number of nitrogens with zero attached hydrogens (tertiary/aromatic N) is 1. The molecule has 5 heteroatoms. The molecule has 1 heterocycles. The van der Waals surface area contributed by atoms with Gasteiger partial charge in [-0.05, 0) is 61.7 Å². The van der Waals surface area contributed by atoms with Crippen molar-refractivity contribution in [3.8, 4) is 5.75 Å². The summed E-state index contributed by atoms with van der Waals surface area (Å²) in [4.78, 5) is 0.378. The van der Waals surface area contributed by atoms with Gasteiger partial charge >= 0.3 is 0 Å². The predicted octanol–water partition coefficient (Wildman–Crippen LogP) is 3.80. The molecular formula is C18H23NO3S. The van der Waals surface area contributed by atoms with Crippen LogP contribution in [0, 0.1) is 0 Å². The average molecular weight is 333 g/mol. The minimum atomic E-state index is -3.42. The maximum Gasteiger partial charge on any atom is 0.243 e. The van der Waals surface area contributed by atoms with Crippen LogP contribution in [0.3, 0.4) is 0 Å². The van der Waals surface area contributed by atoms with E-state index >= 15 is 0 Å². The first-order valence-corrected chi connectivity index (χ1v) is 9.65. The molecule has 0 aliphatic carbocycles. The van der Waals surface area contributed by atoms with E-state index in [9.17, 15) is 8.42 Å². The Balaban J connectivity index is 1.97. The van der Waals surface area contributed by atoms with Crippen LogP contribution in [0.25, 0.3) is 10.8 Å². The number of hydrogen-bond acceptors (Lipinski definition) is 3. The highest BCUT2D eigenvalue weighted by molar-refractivity contribution is 7.89. The van der Waals surface area contributed by atoms with Crippen LogP contribution < -0.4 is 4.74 Å². The van der Waals surface area contributed by atoms with Gasteiger partial charge in [0, 0.05) is 12.6 Å². The summed E-state index contributed by atoms with van der Waals surface area (Å²) >= 11 is 0. The lowest BCUT2D eigenvalue weighted by Crippen LogP contribution is -2.41. The molecule has 3 rings (SSSR count). The Kier molecular flexibility index (Phi) is 4.60. The molecule has 1 fully saturated rings. The molecule has 1 aliphatic rings. The van der Waals surface area contributed by atoms with Crippen LogP contribution in [-0.2, 0) is 10.0 Å². The van der Waals surface area contributed by atoms with Crippen molar-refractivity contribution in [2.75, 3.05) is 13.2 Å². The van der Waals surface area contributed by atoms with E-state index in [-0.39, 0.29) is 6.04 Å². The molecule has 0 N–H and O–H groups in total. The summed E-state index contributed by atoms with van der Waals surface area (Å²) in [7, 11) is -3.42. The lowest BCUT2D eigenvalue weighted by atomic mass is 10.1. The summed E-state index contributed by atoms with van der Waals surface area (Å²) in [6.45, 7) is 5.17. The second-order valence-electron chi connectivity index (χ2n) is 6.06. The van der Waals surface area contributed by atoms with Crippen molar-refractivity contribution in [3.63, 3.8) is 0 Å². The Bertz CT molecular complexity index is 801. The molecule has 2 aromatic rings. The minimum absolute atomic E-state index is 0.0739. The van der Waals surface area contributed by atoms with Crippen LogP contribution in [0.5, 0.6) is 5.75 Å². The van der Waals surface area contributed by atoms with Gasteiger partial charge in [0.1, 0.15) is 5.75 Å². The number of ether oxygens (including phenoxy) is 1. The Morgan fingerprint density at radius 3 is 2.61 bits per heavy atom. The molecule has 1 saturated heterocycles. The van der Waals surface area contributed by atoms with Gasteiger partial charge in [0.25, 0.3) is 0 Å². The van der Waals surface area contributed by atoms with Crippen molar-refractivity contribution < 1.29 is 13.2 Å². The zero-order valence-electron chi connectivity index (χ0n) is 13.7. The Hall–Kier alpha value is -1.59. The van der Waals surface area contributed by atoms with Gasteiger partial charge < -0.3 is 4.74 Å². The summed E-state index contributed by atoms with van der Waals surface area (Å²) in [5.74, 6) is 0.806. The van der Waals surface area contributed by atoms with E-state index in [1.807, 2.05) is 38.1 Å². The second kappa shape index (κ2) is 6.49. The van der Waals surface area contributed by atoms with Crippen molar-refractivity contribution in [1.82, 2.24) is 4.31 Å². The highest BCUT2D eigenvalue weighted by atomic mass is 32.2. The van der Waals surface area contributed by atoms with E-state index < -0.39 is 10.0 Å². The third-order valence-electron chi connectivity index (χ3n) is 4.44. The highest BCUT2D eigenvalue weighted by Crippen LogP contribution is 2.28. The SMILES string of the molecule is CCOc1ccc2cc(S(=O)(=O)N3CCCCC3C)ccc2c1. The molecule has 23 heavy (non-hydrogen) atoms. The molecule has 0 aromatic heterocycles. The highest BCUT2D eigenvalue weighted by Gasteiger charge is 2.30. The summed E-state index contributed by atoms with van der Waals surface area (Å²) in [6, 6.07) is 11.1. The Morgan fingerprint density at radius 1 is 1.13 bits per heavy atom. The monoisotopic (exact) mass is 333 g/mol. The van der Waals surface area contributed by atoms with E-state index in [2.05, 4.69) is 0 Å². The largest absolute Gasteiger partial charge is 0.494 e. The van der Waals surface area contributed by atoms with Gasteiger partial charge in [-0.3, -0.25) is 0 Å². The third-order valence-corrected chi connectivity index (χ3v) is 6.45. The molecule has 4 nitrogen and oxygen atoms in total. The predicted molar refractivity (Wildman–Crippen MR) is 92.3 cm³/mol. The van der Waals surface area contributed by atoms with Crippen LogP contribution >= 0.6 is 0 Å². The fourth-order valence-corrected chi connectivity index (χ4v) is 4.92. The first-order valence-electron chi connectivity index (χ1n) is 8.21. The Morgan fingerprint density at radius 2 is 1.87 bits per heavy atom. The van der Waals surface area contributed by atoms with E-state index in [0.717, 1.165) is 35.8 Å². The van der Waals surface area contributed by atoms with Gasteiger partial charge in [-0.1, -0.05) is 18.6 Å². The number of piperidine rings is 1. The summed E-state index contributed by atoms with van der Waals surface area (Å²) in [6.07, 6.45) is 2.98. The number of benzene rings is 2. The van der Waals surface area contributed by atoms with Gasteiger partial charge in [-0.2, -0.15) is 4.31 Å². The molecular weight excluding hydrogens is 310 g/mol. The van der Waals surface area contributed by atoms with Gasteiger partial charge in [0.05, 0.1) is 11.5 Å². The van der Waals surface area contributed by atoms with Crippen molar-refractivity contribution in [1.29, 1.82) is 0 Å². The molecule has 0 radical (unpaired) electrons. The van der Waals surface area contributed by atoms with E-state index in [1.165, 1.54) is 0 Å². The number of fused-ring (bicyclic) bond motifs is 1. The molecule has 1 atom stereocenters. The van der Waals surface area contributed by atoms with E-state index in [4.69, 9.17) is 4.74 Å². The van der Waals surface area contributed by atoms with Crippen molar-refractivity contribution in [2.24, 2.45) is 0 Å². The number of sulfonamides is 1. The quantitative estimate of drug-likeness (QED) is 0.855. The first kappa shape index (κ1) is 16.3. The average Bonchev–Trinajstić information content (AvgIpc) is 2.55. The lowest BCUT2D eigenvalue weighted by Gasteiger charge is -2.32. The Labute approximate surface area is 138 Å². The van der Waals surface area contributed by atoms with Crippen molar-refractivity contribution in [3.05, 3.63) is 36.4 Å². The van der Waals surface area contributed by atoms with Gasteiger partial charge in [-0.15, -0.1) is 0 Å². The normalized spacial score (nSPS) is 19.8. The van der Waals surface area contributed by atoms with Gasteiger partial charge in [0.2, 0.25) is 10.0 Å². The fraction of sp³-hybridized carbons (Fsp3) is 0.444. The topological polar surface area (TPSA) is 46.6 Å². The van der Waals surface area contributed by atoms with E-state index in [1.54, 1.807) is 16.4 Å². The van der Waals surface area contributed by atoms with Crippen molar-refractivity contribution in [2.45, 2.75) is 44.0 Å². The van der Waals surface area contributed by atoms with Crippen LogP contribution in [0.2, 0.25) is 0 Å².